The van der Waals surface area contributed by atoms with Crippen LogP contribution in [-0.2, 0) is 9.59 Å². The third-order valence-corrected chi connectivity index (χ3v) is 4.78. The summed E-state index contributed by atoms with van der Waals surface area (Å²) in [4.78, 5) is 24.8. The zero-order valence-corrected chi connectivity index (χ0v) is 10.2. The van der Waals surface area contributed by atoms with Gasteiger partial charge < -0.3 is 14.8 Å². The van der Waals surface area contributed by atoms with E-state index in [4.69, 9.17) is 0 Å². The van der Waals surface area contributed by atoms with E-state index >= 15 is 0 Å². The summed E-state index contributed by atoms with van der Waals surface area (Å²) in [5.41, 5.74) is 0. The molecular formula is C10H10NO3S2-. The largest absolute Gasteiger partial charge is 0.548 e. The second kappa shape index (κ2) is 4.47. The molecule has 0 aromatic carbocycles. The van der Waals surface area contributed by atoms with Gasteiger partial charge in [-0.25, -0.2) is 0 Å². The first-order valence-corrected chi connectivity index (χ1v) is 6.61. The molecule has 2 atom stereocenters. The number of hydrogen-bond acceptors (Lipinski definition) is 5. The fourth-order valence-electron chi connectivity index (χ4n) is 1.63. The molecule has 0 saturated carbocycles. The van der Waals surface area contributed by atoms with Gasteiger partial charge in [0.25, 0.3) is 0 Å². The number of amides is 1. The van der Waals surface area contributed by atoms with Gasteiger partial charge in [0.2, 0.25) is 5.91 Å². The first-order valence-electron chi connectivity index (χ1n) is 4.79. The van der Waals surface area contributed by atoms with Crippen LogP contribution in [0.4, 0.5) is 0 Å². The van der Waals surface area contributed by atoms with Crippen molar-refractivity contribution in [2.45, 2.75) is 17.5 Å². The van der Waals surface area contributed by atoms with Crippen molar-refractivity contribution in [3.05, 3.63) is 22.4 Å². The lowest BCUT2D eigenvalue weighted by Crippen LogP contribution is -2.40. The van der Waals surface area contributed by atoms with Crippen LogP contribution in [0.3, 0.4) is 0 Å². The Bertz CT molecular complexity index is 404. The van der Waals surface area contributed by atoms with Crippen LogP contribution >= 0.6 is 23.1 Å². The van der Waals surface area contributed by atoms with Gasteiger partial charge in [0.05, 0.1) is 17.8 Å². The molecule has 86 valence electrons. The molecule has 1 aromatic heterocycles. The van der Waals surface area contributed by atoms with E-state index in [9.17, 15) is 14.7 Å². The monoisotopic (exact) mass is 256 g/mol. The Morgan fingerprint density at radius 1 is 1.62 bits per heavy atom. The van der Waals surface area contributed by atoms with Crippen molar-refractivity contribution < 1.29 is 14.7 Å². The van der Waals surface area contributed by atoms with Gasteiger partial charge in [0, 0.05) is 4.88 Å². The van der Waals surface area contributed by atoms with Gasteiger partial charge in [-0.05, 0) is 18.4 Å². The minimum Gasteiger partial charge on any atom is -0.548 e. The molecule has 0 unspecified atom stereocenters. The smallest absolute Gasteiger partial charge is 0.237 e. The van der Waals surface area contributed by atoms with E-state index in [0.29, 0.717) is 0 Å². The van der Waals surface area contributed by atoms with Crippen molar-refractivity contribution in [2.75, 3.05) is 6.54 Å². The standard InChI is InChI=1S/C10H11NO3S2/c1-6-9(14)11(5-8(12)13)10(16-6)7-3-2-4-15-7/h2-4,6,10H,5H2,1H3,(H,12,13)/p-1/t6-,10-/m0/s1. The maximum absolute atomic E-state index is 11.8. The summed E-state index contributed by atoms with van der Waals surface area (Å²) >= 11 is 3.00. The van der Waals surface area contributed by atoms with E-state index in [2.05, 4.69) is 0 Å². The Kier molecular flexibility index (Phi) is 3.20. The first-order chi connectivity index (χ1) is 7.59. The Balaban J connectivity index is 2.23. The SMILES string of the molecule is C[C@@H]1S[C@@H](c2cccs2)N(CC(=O)[O-])C1=O. The van der Waals surface area contributed by atoms with Crippen molar-refractivity contribution >= 4 is 35.0 Å². The molecule has 0 bridgehead atoms. The molecule has 1 amide bonds. The molecule has 16 heavy (non-hydrogen) atoms. The topological polar surface area (TPSA) is 60.4 Å². The minimum atomic E-state index is -1.22. The Hall–Kier alpha value is -1.01. The molecule has 4 nitrogen and oxygen atoms in total. The second-order valence-electron chi connectivity index (χ2n) is 3.48. The normalized spacial score (nSPS) is 25.1. The van der Waals surface area contributed by atoms with Gasteiger partial charge in [-0.15, -0.1) is 23.1 Å². The van der Waals surface area contributed by atoms with Crippen molar-refractivity contribution in [3.8, 4) is 0 Å². The van der Waals surface area contributed by atoms with Gasteiger partial charge in [-0.2, -0.15) is 0 Å². The average Bonchev–Trinajstić information content (AvgIpc) is 2.81. The van der Waals surface area contributed by atoms with E-state index in [1.165, 1.54) is 28.0 Å². The number of carboxylic acids is 1. The molecule has 1 aromatic rings. The van der Waals surface area contributed by atoms with Crippen LogP contribution in [0.5, 0.6) is 0 Å². The summed E-state index contributed by atoms with van der Waals surface area (Å²) in [6, 6.07) is 3.81. The molecular weight excluding hydrogens is 246 g/mol. The summed E-state index contributed by atoms with van der Waals surface area (Å²) in [7, 11) is 0. The fraction of sp³-hybridized carbons (Fsp3) is 0.400. The van der Waals surface area contributed by atoms with Crippen molar-refractivity contribution in [1.82, 2.24) is 4.90 Å². The van der Waals surface area contributed by atoms with Gasteiger partial charge in [0.15, 0.2) is 0 Å². The van der Waals surface area contributed by atoms with Crippen LogP contribution in [0.1, 0.15) is 17.2 Å². The third kappa shape index (κ3) is 2.08. The number of thioether (sulfide) groups is 1. The highest BCUT2D eigenvalue weighted by Gasteiger charge is 2.38. The highest BCUT2D eigenvalue weighted by Crippen LogP contribution is 2.43. The van der Waals surface area contributed by atoms with E-state index in [0.717, 1.165) is 4.88 Å². The lowest BCUT2D eigenvalue weighted by atomic mass is 10.3. The molecule has 0 N–H and O–H groups in total. The molecule has 1 aliphatic heterocycles. The second-order valence-corrected chi connectivity index (χ2v) is 5.89. The van der Waals surface area contributed by atoms with E-state index in [-0.39, 0.29) is 23.1 Å². The first kappa shape index (κ1) is 11.5. The predicted molar refractivity (Wildman–Crippen MR) is 60.8 cm³/mol. The van der Waals surface area contributed by atoms with E-state index < -0.39 is 5.97 Å². The van der Waals surface area contributed by atoms with Crippen LogP contribution in [0, 0.1) is 0 Å². The molecule has 1 fully saturated rings. The molecule has 0 aliphatic carbocycles. The lowest BCUT2D eigenvalue weighted by molar-refractivity contribution is -0.306. The molecule has 1 saturated heterocycles. The van der Waals surface area contributed by atoms with E-state index in [1.54, 1.807) is 6.92 Å². The van der Waals surface area contributed by atoms with Gasteiger partial charge >= 0.3 is 0 Å². The number of carboxylic acid groups (broad SMARTS) is 1. The van der Waals surface area contributed by atoms with Crippen molar-refractivity contribution in [3.63, 3.8) is 0 Å². The maximum Gasteiger partial charge on any atom is 0.237 e. The van der Waals surface area contributed by atoms with Crippen LogP contribution in [0.25, 0.3) is 0 Å². The van der Waals surface area contributed by atoms with Gasteiger partial charge in [0.1, 0.15) is 5.37 Å². The summed E-state index contributed by atoms with van der Waals surface area (Å²) in [5.74, 6) is -1.35. The number of rotatable bonds is 3. The molecule has 2 heterocycles. The molecule has 6 heteroatoms. The highest BCUT2D eigenvalue weighted by atomic mass is 32.2. The van der Waals surface area contributed by atoms with Crippen LogP contribution < -0.4 is 5.11 Å². The number of thiophene rings is 1. The zero-order valence-electron chi connectivity index (χ0n) is 8.58. The number of aliphatic carboxylic acids is 1. The quantitative estimate of drug-likeness (QED) is 0.788. The number of nitrogens with zero attached hydrogens (tertiary/aromatic N) is 1. The summed E-state index contributed by atoms with van der Waals surface area (Å²) in [6.45, 7) is 1.46. The number of carbonyl (C=O) groups is 2. The lowest BCUT2D eigenvalue weighted by Gasteiger charge is -2.23. The van der Waals surface area contributed by atoms with Crippen LogP contribution in [-0.4, -0.2) is 28.6 Å². The van der Waals surface area contributed by atoms with Crippen molar-refractivity contribution in [1.29, 1.82) is 0 Å². The highest BCUT2D eigenvalue weighted by molar-refractivity contribution is 8.01. The molecule has 0 radical (unpaired) electrons. The Morgan fingerprint density at radius 2 is 2.38 bits per heavy atom. The number of carbonyl (C=O) groups excluding carboxylic acids is 2. The third-order valence-electron chi connectivity index (χ3n) is 2.33. The van der Waals surface area contributed by atoms with Crippen molar-refractivity contribution in [2.24, 2.45) is 0 Å². The van der Waals surface area contributed by atoms with Gasteiger partial charge in [-0.1, -0.05) is 6.07 Å². The maximum atomic E-state index is 11.8. The minimum absolute atomic E-state index is 0.132. The van der Waals surface area contributed by atoms with E-state index in [1.807, 2.05) is 17.5 Å². The van der Waals surface area contributed by atoms with Crippen LogP contribution in [0.2, 0.25) is 0 Å². The molecule has 0 spiro atoms. The average molecular weight is 256 g/mol. The van der Waals surface area contributed by atoms with Gasteiger partial charge in [-0.3, -0.25) is 4.79 Å². The zero-order chi connectivity index (χ0) is 11.7. The summed E-state index contributed by atoms with van der Waals surface area (Å²) in [6.07, 6.45) is 0. The van der Waals surface area contributed by atoms with Crippen LogP contribution in [0.15, 0.2) is 17.5 Å². The predicted octanol–water partition coefficient (Wildman–Crippen LogP) is 0.460. The molecule has 1 aliphatic rings. The molecule has 2 rings (SSSR count). The summed E-state index contributed by atoms with van der Waals surface area (Å²) < 4.78 is 0. The number of hydrogen-bond donors (Lipinski definition) is 0. The summed E-state index contributed by atoms with van der Waals surface area (Å²) in [5, 5.41) is 12.2. The fourth-order valence-corrected chi connectivity index (χ4v) is 3.85. The Morgan fingerprint density at radius 3 is 2.94 bits per heavy atom. The Labute approximate surface area is 101 Å².